The van der Waals surface area contributed by atoms with Gasteiger partial charge >= 0.3 is 0 Å². The van der Waals surface area contributed by atoms with Crippen LogP contribution in [0.5, 0.6) is 0 Å². The van der Waals surface area contributed by atoms with E-state index < -0.39 is 0 Å². The summed E-state index contributed by atoms with van der Waals surface area (Å²) in [6.07, 6.45) is 1.62. The fraction of sp³-hybridized carbons (Fsp3) is 0. The highest BCUT2D eigenvalue weighted by Crippen LogP contribution is 2.09. The van der Waals surface area contributed by atoms with Crippen LogP contribution in [-0.4, -0.2) is 4.98 Å². The van der Waals surface area contributed by atoms with Crippen LogP contribution < -0.4 is 0 Å². The van der Waals surface area contributed by atoms with Gasteiger partial charge < -0.3 is 4.42 Å². The molecule has 0 unspecified atom stereocenters. The van der Waals surface area contributed by atoms with Gasteiger partial charge in [-0.3, -0.25) is 0 Å². The van der Waals surface area contributed by atoms with Crippen molar-refractivity contribution in [3.05, 3.63) is 35.4 Å². The SMILES string of the molecule is S=c1nc2ccccc2co1. The number of para-hydroxylation sites is 1. The number of hydrogen-bond acceptors (Lipinski definition) is 3. The van der Waals surface area contributed by atoms with E-state index in [1.165, 1.54) is 0 Å². The Bertz CT molecular complexity index is 435. The standard InChI is InChI=1S/C8H5NOS/c11-8-9-7-4-2-1-3-6(7)5-10-8/h1-5H. The minimum atomic E-state index is 0.281. The molecule has 0 aliphatic heterocycles. The van der Waals surface area contributed by atoms with E-state index in [2.05, 4.69) is 4.98 Å². The van der Waals surface area contributed by atoms with Gasteiger partial charge in [0.2, 0.25) is 0 Å². The maximum absolute atomic E-state index is 4.94. The molecule has 0 aliphatic carbocycles. The van der Waals surface area contributed by atoms with Gasteiger partial charge in [0.15, 0.2) is 0 Å². The average Bonchev–Trinajstić information content (AvgIpc) is 2.04. The van der Waals surface area contributed by atoms with Crippen LogP contribution in [0.1, 0.15) is 0 Å². The molecule has 1 aromatic heterocycles. The molecule has 0 bridgehead atoms. The lowest BCUT2D eigenvalue weighted by molar-refractivity contribution is 0.519. The Morgan fingerprint density at radius 1 is 1.27 bits per heavy atom. The van der Waals surface area contributed by atoms with Crippen molar-refractivity contribution in [1.29, 1.82) is 0 Å². The molecule has 0 amide bonds. The highest BCUT2D eigenvalue weighted by Gasteiger charge is 1.91. The first-order valence-electron chi connectivity index (χ1n) is 3.21. The molecule has 0 fully saturated rings. The summed E-state index contributed by atoms with van der Waals surface area (Å²) >= 11 is 4.76. The Labute approximate surface area is 68.5 Å². The quantitative estimate of drug-likeness (QED) is 0.558. The minimum absolute atomic E-state index is 0.281. The largest absolute Gasteiger partial charge is 0.438 e. The summed E-state index contributed by atoms with van der Waals surface area (Å²) in [4.78, 5) is 4.31. The zero-order valence-electron chi connectivity index (χ0n) is 5.65. The van der Waals surface area contributed by atoms with Crippen LogP contribution in [0.15, 0.2) is 34.9 Å². The van der Waals surface area contributed by atoms with Gasteiger partial charge in [0, 0.05) is 5.39 Å². The third kappa shape index (κ3) is 1.14. The minimum Gasteiger partial charge on any atom is -0.438 e. The lowest BCUT2D eigenvalue weighted by Gasteiger charge is -1.91. The van der Waals surface area contributed by atoms with E-state index >= 15 is 0 Å². The first-order valence-corrected chi connectivity index (χ1v) is 3.62. The fourth-order valence-corrected chi connectivity index (χ4v) is 1.07. The van der Waals surface area contributed by atoms with Crippen molar-refractivity contribution >= 4 is 23.1 Å². The van der Waals surface area contributed by atoms with E-state index in [1.807, 2.05) is 24.3 Å². The summed E-state index contributed by atoms with van der Waals surface area (Å²) in [5.41, 5.74) is 0.878. The second-order valence-electron chi connectivity index (χ2n) is 2.17. The molecule has 1 aromatic carbocycles. The molecule has 1 heterocycles. The second-order valence-corrected chi connectivity index (χ2v) is 2.52. The predicted molar refractivity (Wildman–Crippen MR) is 44.8 cm³/mol. The summed E-state index contributed by atoms with van der Waals surface area (Å²) in [6, 6.07) is 7.69. The zero-order chi connectivity index (χ0) is 7.68. The molecular weight excluding hydrogens is 158 g/mol. The van der Waals surface area contributed by atoms with E-state index in [0.29, 0.717) is 0 Å². The Morgan fingerprint density at radius 2 is 2.09 bits per heavy atom. The first kappa shape index (κ1) is 6.49. The van der Waals surface area contributed by atoms with Gasteiger partial charge in [0.1, 0.15) is 6.26 Å². The molecule has 0 N–H and O–H groups in total. The van der Waals surface area contributed by atoms with Crippen molar-refractivity contribution in [2.45, 2.75) is 0 Å². The van der Waals surface area contributed by atoms with Gasteiger partial charge in [-0.1, -0.05) is 12.1 Å². The number of nitrogens with zero attached hydrogens (tertiary/aromatic N) is 1. The Balaban J connectivity index is 2.94. The van der Waals surface area contributed by atoms with Gasteiger partial charge in [-0.05, 0) is 24.4 Å². The number of aromatic nitrogens is 1. The molecule has 0 saturated heterocycles. The Morgan fingerprint density at radius 3 is 3.00 bits per heavy atom. The van der Waals surface area contributed by atoms with Crippen LogP contribution in [-0.2, 0) is 0 Å². The van der Waals surface area contributed by atoms with E-state index in [0.717, 1.165) is 10.9 Å². The van der Waals surface area contributed by atoms with Crippen LogP contribution in [0.4, 0.5) is 0 Å². The first-order chi connectivity index (χ1) is 5.36. The van der Waals surface area contributed by atoms with Crippen molar-refractivity contribution in [1.82, 2.24) is 4.98 Å². The maximum atomic E-state index is 4.94. The van der Waals surface area contributed by atoms with Crippen molar-refractivity contribution in [2.75, 3.05) is 0 Å². The molecule has 0 saturated carbocycles. The average molecular weight is 163 g/mol. The van der Waals surface area contributed by atoms with Crippen molar-refractivity contribution in [3.8, 4) is 0 Å². The molecule has 2 nitrogen and oxygen atoms in total. The molecule has 2 aromatic rings. The summed E-state index contributed by atoms with van der Waals surface area (Å²) in [5.74, 6) is 0. The smallest absolute Gasteiger partial charge is 0.288 e. The highest BCUT2D eigenvalue weighted by molar-refractivity contribution is 7.71. The Hall–Kier alpha value is -1.22. The predicted octanol–water partition coefficient (Wildman–Crippen LogP) is 2.56. The number of fused-ring (bicyclic) bond motifs is 1. The third-order valence-electron chi connectivity index (χ3n) is 1.44. The van der Waals surface area contributed by atoms with E-state index in [1.54, 1.807) is 6.26 Å². The van der Waals surface area contributed by atoms with Crippen LogP contribution >= 0.6 is 12.2 Å². The molecule has 11 heavy (non-hydrogen) atoms. The van der Waals surface area contributed by atoms with Crippen LogP contribution in [0.3, 0.4) is 0 Å². The van der Waals surface area contributed by atoms with Crippen molar-refractivity contribution < 1.29 is 4.42 Å². The third-order valence-corrected chi connectivity index (χ3v) is 1.62. The second kappa shape index (κ2) is 2.43. The van der Waals surface area contributed by atoms with Crippen LogP contribution in [0.25, 0.3) is 10.9 Å². The zero-order valence-corrected chi connectivity index (χ0v) is 6.47. The van der Waals surface area contributed by atoms with E-state index in [9.17, 15) is 0 Å². The normalized spacial score (nSPS) is 10.2. The van der Waals surface area contributed by atoms with Crippen molar-refractivity contribution in [2.24, 2.45) is 0 Å². The number of rotatable bonds is 0. The van der Waals surface area contributed by atoms with Gasteiger partial charge in [0.25, 0.3) is 4.84 Å². The van der Waals surface area contributed by atoms with Crippen LogP contribution in [0.2, 0.25) is 0 Å². The molecule has 0 atom stereocenters. The lowest BCUT2D eigenvalue weighted by Crippen LogP contribution is -1.76. The Kier molecular flexibility index (Phi) is 1.43. The van der Waals surface area contributed by atoms with Gasteiger partial charge in [-0.15, -0.1) is 0 Å². The molecule has 0 radical (unpaired) electrons. The molecule has 54 valence electrons. The van der Waals surface area contributed by atoms with Crippen LogP contribution in [0, 0.1) is 4.84 Å². The summed E-state index contributed by atoms with van der Waals surface area (Å²) in [7, 11) is 0. The highest BCUT2D eigenvalue weighted by atomic mass is 32.1. The maximum Gasteiger partial charge on any atom is 0.288 e. The van der Waals surface area contributed by atoms with Gasteiger partial charge in [-0.2, -0.15) is 0 Å². The lowest BCUT2D eigenvalue weighted by atomic mass is 10.2. The molecule has 3 heteroatoms. The van der Waals surface area contributed by atoms with E-state index in [4.69, 9.17) is 16.6 Å². The topological polar surface area (TPSA) is 26.0 Å². The monoisotopic (exact) mass is 163 g/mol. The molecule has 0 spiro atoms. The number of hydrogen-bond donors (Lipinski definition) is 0. The van der Waals surface area contributed by atoms with E-state index in [-0.39, 0.29) is 4.84 Å². The van der Waals surface area contributed by atoms with Gasteiger partial charge in [-0.25, -0.2) is 4.98 Å². The molecular formula is C8H5NOS. The fourth-order valence-electron chi connectivity index (χ4n) is 0.928. The molecule has 0 aliphatic rings. The molecule has 2 rings (SSSR count). The van der Waals surface area contributed by atoms with Crippen molar-refractivity contribution in [3.63, 3.8) is 0 Å². The summed E-state index contributed by atoms with van der Waals surface area (Å²) < 4.78 is 4.94. The summed E-state index contributed by atoms with van der Waals surface area (Å²) in [6.45, 7) is 0. The summed E-state index contributed by atoms with van der Waals surface area (Å²) in [5, 5.41) is 0.973. The van der Waals surface area contributed by atoms with Gasteiger partial charge in [0.05, 0.1) is 5.52 Å². The number of benzene rings is 1.